The van der Waals surface area contributed by atoms with Gasteiger partial charge in [-0.3, -0.25) is 9.59 Å². The van der Waals surface area contributed by atoms with Crippen molar-refractivity contribution in [3.63, 3.8) is 0 Å². The number of hydrogen-bond donors (Lipinski definition) is 1. The highest BCUT2D eigenvalue weighted by Crippen LogP contribution is 2.30. The van der Waals surface area contributed by atoms with Gasteiger partial charge in [0.15, 0.2) is 11.5 Å². The Hall–Kier alpha value is -3.15. The number of likely N-dealkylation sites (N-methyl/N-ethyl adjacent to an activating group) is 1. The fourth-order valence-electron chi connectivity index (χ4n) is 3.35. The number of carbonyl (C=O) groups is 2. The third kappa shape index (κ3) is 5.62. The summed E-state index contributed by atoms with van der Waals surface area (Å²) in [5.41, 5.74) is 0.647. The van der Waals surface area contributed by atoms with Crippen LogP contribution in [0.25, 0.3) is 0 Å². The maximum Gasteiger partial charge on any atom is 0.256 e. The minimum Gasteiger partial charge on any atom is -0.493 e. The van der Waals surface area contributed by atoms with Gasteiger partial charge in [0, 0.05) is 26.2 Å². The van der Waals surface area contributed by atoms with Gasteiger partial charge in [-0.05, 0) is 24.3 Å². The summed E-state index contributed by atoms with van der Waals surface area (Å²) in [4.78, 5) is 27.2. The zero-order chi connectivity index (χ0) is 24.0. The molecule has 2 amide bonds. The summed E-state index contributed by atoms with van der Waals surface area (Å²) >= 11 is 0. The summed E-state index contributed by atoms with van der Waals surface area (Å²) in [6.45, 7) is 1.40. The van der Waals surface area contributed by atoms with E-state index in [0.717, 1.165) is 4.31 Å². The van der Waals surface area contributed by atoms with Crippen molar-refractivity contribution in [1.82, 2.24) is 9.21 Å². The van der Waals surface area contributed by atoms with E-state index >= 15 is 0 Å². The number of rotatable bonds is 8. The highest BCUT2D eigenvalue weighted by Gasteiger charge is 2.26. The van der Waals surface area contributed by atoms with Crippen molar-refractivity contribution in [2.24, 2.45) is 0 Å². The molecular formula is C22H27N3O7S. The number of nitrogens with one attached hydrogen (secondary N) is 1. The molecule has 1 saturated heterocycles. The molecule has 10 nitrogen and oxygen atoms in total. The van der Waals surface area contributed by atoms with Gasteiger partial charge >= 0.3 is 0 Å². The molecule has 2 aromatic carbocycles. The molecule has 3 rings (SSSR count). The smallest absolute Gasteiger partial charge is 0.256 e. The van der Waals surface area contributed by atoms with Crippen LogP contribution in [0, 0.1) is 0 Å². The van der Waals surface area contributed by atoms with E-state index in [1.165, 1.54) is 39.5 Å². The molecule has 1 fully saturated rings. The monoisotopic (exact) mass is 477 g/mol. The maximum atomic E-state index is 12.9. The summed E-state index contributed by atoms with van der Waals surface area (Å²) in [5, 5.41) is 2.66. The van der Waals surface area contributed by atoms with E-state index in [0.29, 0.717) is 43.3 Å². The number of hydrogen-bond acceptors (Lipinski definition) is 7. The van der Waals surface area contributed by atoms with Crippen molar-refractivity contribution in [2.75, 3.05) is 59.4 Å². The molecule has 11 heteroatoms. The largest absolute Gasteiger partial charge is 0.493 e. The first-order valence-electron chi connectivity index (χ1n) is 10.2. The second-order valence-electron chi connectivity index (χ2n) is 7.28. The highest BCUT2D eigenvalue weighted by molar-refractivity contribution is 7.89. The van der Waals surface area contributed by atoms with Crippen molar-refractivity contribution in [3.05, 3.63) is 48.0 Å². The van der Waals surface area contributed by atoms with E-state index in [2.05, 4.69) is 5.32 Å². The summed E-state index contributed by atoms with van der Waals surface area (Å²) in [5.74, 6) is -0.158. The zero-order valence-corrected chi connectivity index (χ0v) is 19.6. The van der Waals surface area contributed by atoms with Gasteiger partial charge in [-0.25, -0.2) is 8.42 Å². The molecule has 2 aromatic rings. The molecule has 178 valence electrons. The van der Waals surface area contributed by atoms with Gasteiger partial charge in [0.25, 0.3) is 5.91 Å². The number of sulfonamides is 1. The first-order valence-corrected chi connectivity index (χ1v) is 11.7. The van der Waals surface area contributed by atoms with Gasteiger partial charge < -0.3 is 24.4 Å². The maximum absolute atomic E-state index is 12.9. The Kier molecular flexibility index (Phi) is 7.90. The number of para-hydroxylation sites is 1. The average molecular weight is 478 g/mol. The van der Waals surface area contributed by atoms with Gasteiger partial charge in [0.05, 0.1) is 50.1 Å². The van der Waals surface area contributed by atoms with Crippen LogP contribution < -0.4 is 14.8 Å². The van der Waals surface area contributed by atoms with Crippen molar-refractivity contribution < 1.29 is 32.2 Å². The molecule has 33 heavy (non-hydrogen) atoms. The second-order valence-corrected chi connectivity index (χ2v) is 9.32. The molecule has 0 atom stereocenters. The Labute approximate surface area is 193 Å². The summed E-state index contributed by atoms with van der Waals surface area (Å²) in [7, 11) is 0.175. The number of amides is 2. The molecule has 0 bridgehead atoms. The predicted molar refractivity (Wildman–Crippen MR) is 121 cm³/mol. The third-order valence-corrected chi connectivity index (χ3v) is 6.96. The minimum atomic E-state index is -3.98. The van der Waals surface area contributed by atoms with E-state index in [4.69, 9.17) is 14.2 Å². The van der Waals surface area contributed by atoms with E-state index < -0.39 is 22.5 Å². The number of benzene rings is 2. The van der Waals surface area contributed by atoms with Crippen LogP contribution in [-0.2, 0) is 19.6 Å². The quantitative estimate of drug-likeness (QED) is 0.612. The van der Waals surface area contributed by atoms with Crippen LogP contribution in [0.1, 0.15) is 10.4 Å². The van der Waals surface area contributed by atoms with Gasteiger partial charge in [0.1, 0.15) is 0 Å². The molecule has 0 aliphatic carbocycles. The normalized spacial score (nSPS) is 14.1. The number of ether oxygens (including phenoxy) is 3. The lowest BCUT2D eigenvalue weighted by Gasteiger charge is -2.27. The van der Waals surface area contributed by atoms with Gasteiger partial charge in [-0.1, -0.05) is 12.1 Å². The molecule has 0 aromatic heterocycles. The number of morpholine rings is 1. The van der Waals surface area contributed by atoms with Crippen molar-refractivity contribution in [3.8, 4) is 11.5 Å². The van der Waals surface area contributed by atoms with E-state index in [1.807, 2.05) is 0 Å². The van der Waals surface area contributed by atoms with Crippen LogP contribution in [0.5, 0.6) is 11.5 Å². The Morgan fingerprint density at radius 2 is 1.73 bits per heavy atom. The topological polar surface area (TPSA) is 114 Å². The van der Waals surface area contributed by atoms with E-state index in [1.54, 1.807) is 29.2 Å². The summed E-state index contributed by atoms with van der Waals surface area (Å²) in [6.07, 6.45) is 0. The number of carbonyl (C=O) groups excluding carboxylic acids is 2. The van der Waals surface area contributed by atoms with Crippen molar-refractivity contribution >= 4 is 27.5 Å². The van der Waals surface area contributed by atoms with Crippen LogP contribution in [-0.4, -0.2) is 83.6 Å². The van der Waals surface area contributed by atoms with E-state index in [9.17, 15) is 18.0 Å². The zero-order valence-electron chi connectivity index (χ0n) is 18.7. The molecule has 1 N–H and O–H groups in total. The minimum absolute atomic E-state index is 0.0432. The summed E-state index contributed by atoms with van der Waals surface area (Å²) < 4.78 is 42.4. The molecule has 1 aliphatic rings. The first kappa shape index (κ1) is 24.5. The second kappa shape index (κ2) is 10.6. The summed E-state index contributed by atoms with van der Waals surface area (Å²) in [6, 6.07) is 10.8. The van der Waals surface area contributed by atoms with Gasteiger partial charge in [-0.15, -0.1) is 0 Å². The van der Waals surface area contributed by atoms with Crippen LogP contribution in [0.3, 0.4) is 0 Å². The van der Waals surface area contributed by atoms with Gasteiger partial charge in [0.2, 0.25) is 15.9 Å². The molecule has 0 radical (unpaired) electrons. The van der Waals surface area contributed by atoms with Gasteiger partial charge in [-0.2, -0.15) is 4.31 Å². The standard InChI is InChI=1S/C22H27N3O7S/c1-24(33(28,29)16-8-9-19(30-2)20(14-16)31-3)15-21(26)23-18-7-5-4-6-17(18)22(27)25-10-12-32-13-11-25/h4-9,14H,10-13,15H2,1-3H3,(H,23,26). The molecular weight excluding hydrogens is 450 g/mol. The molecule has 1 heterocycles. The lowest BCUT2D eigenvalue weighted by atomic mass is 10.1. The lowest BCUT2D eigenvalue weighted by molar-refractivity contribution is -0.116. The first-order chi connectivity index (χ1) is 15.8. The predicted octanol–water partition coefficient (Wildman–Crippen LogP) is 1.44. The Balaban J connectivity index is 1.73. The van der Waals surface area contributed by atoms with Crippen molar-refractivity contribution in [1.29, 1.82) is 0 Å². The Morgan fingerprint density at radius 1 is 1.06 bits per heavy atom. The third-order valence-electron chi connectivity index (χ3n) is 5.16. The molecule has 0 spiro atoms. The number of methoxy groups -OCH3 is 2. The Bertz CT molecular complexity index is 1110. The average Bonchev–Trinajstić information content (AvgIpc) is 2.83. The highest BCUT2D eigenvalue weighted by atomic mass is 32.2. The fourth-order valence-corrected chi connectivity index (χ4v) is 4.49. The fraction of sp³-hybridized carbons (Fsp3) is 0.364. The van der Waals surface area contributed by atoms with Crippen LogP contribution >= 0.6 is 0 Å². The lowest BCUT2D eigenvalue weighted by Crippen LogP contribution is -2.41. The Morgan fingerprint density at radius 3 is 2.39 bits per heavy atom. The van der Waals surface area contributed by atoms with Crippen molar-refractivity contribution in [2.45, 2.75) is 4.90 Å². The van der Waals surface area contributed by atoms with Crippen LogP contribution in [0.4, 0.5) is 5.69 Å². The SMILES string of the molecule is COc1ccc(S(=O)(=O)N(C)CC(=O)Nc2ccccc2C(=O)N2CCOCC2)cc1OC. The number of anilines is 1. The van der Waals surface area contributed by atoms with E-state index in [-0.39, 0.29) is 16.6 Å². The molecule has 1 aliphatic heterocycles. The molecule has 0 saturated carbocycles. The molecule has 0 unspecified atom stereocenters. The van der Waals surface area contributed by atoms with Crippen LogP contribution in [0.15, 0.2) is 47.4 Å². The number of nitrogens with zero attached hydrogens (tertiary/aromatic N) is 2. The van der Waals surface area contributed by atoms with Crippen LogP contribution in [0.2, 0.25) is 0 Å².